The summed E-state index contributed by atoms with van der Waals surface area (Å²) in [7, 11) is 0. The fourth-order valence-corrected chi connectivity index (χ4v) is 1.26. The highest BCUT2D eigenvalue weighted by Gasteiger charge is 2.29. The molecule has 96 valence electrons. The van der Waals surface area contributed by atoms with E-state index in [1.807, 2.05) is 0 Å². The molecule has 0 spiro atoms. The number of nitrogens with zero attached hydrogens (tertiary/aromatic N) is 2. The fraction of sp³-hybridized carbons (Fsp3) is 0.700. The van der Waals surface area contributed by atoms with Gasteiger partial charge < -0.3 is 5.32 Å². The number of aromatic amines is 1. The molecule has 0 aromatic carbocycles. The van der Waals surface area contributed by atoms with Crippen molar-refractivity contribution >= 4 is 5.91 Å². The summed E-state index contributed by atoms with van der Waals surface area (Å²) in [4.78, 5) is 15.1. The summed E-state index contributed by atoms with van der Waals surface area (Å²) in [5.74, 6) is -2.80. The molecule has 0 saturated carbocycles. The average molecular weight is 246 g/mol. The Morgan fingerprint density at radius 2 is 2.35 bits per heavy atom. The summed E-state index contributed by atoms with van der Waals surface area (Å²) in [6, 6.07) is 0. The summed E-state index contributed by atoms with van der Waals surface area (Å²) in [6.45, 7) is 1.72. The van der Waals surface area contributed by atoms with Crippen LogP contribution in [0.4, 0.5) is 8.78 Å². The van der Waals surface area contributed by atoms with E-state index < -0.39 is 18.3 Å². The average Bonchev–Trinajstić information content (AvgIpc) is 2.77. The molecule has 0 radical (unpaired) electrons. The zero-order valence-corrected chi connectivity index (χ0v) is 9.67. The molecule has 0 atom stereocenters. The third kappa shape index (κ3) is 5.37. The second-order valence-electron chi connectivity index (χ2n) is 3.77. The number of nitrogens with one attached hydrogen (secondary N) is 2. The van der Waals surface area contributed by atoms with E-state index in [1.54, 1.807) is 0 Å². The van der Waals surface area contributed by atoms with Gasteiger partial charge in [-0.25, -0.2) is 13.8 Å². The van der Waals surface area contributed by atoms with Crippen LogP contribution in [0.15, 0.2) is 6.33 Å². The van der Waals surface area contributed by atoms with Gasteiger partial charge in [-0.2, -0.15) is 5.10 Å². The van der Waals surface area contributed by atoms with E-state index in [-0.39, 0.29) is 6.42 Å². The third-order valence-electron chi connectivity index (χ3n) is 2.31. The summed E-state index contributed by atoms with van der Waals surface area (Å²) in [5, 5.41) is 8.81. The van der Waals surface area contributed by atoms with Crippen molar-refractivity contribution in [3.63, 3.8) is 0 Å². The first-order chi connectivity index (χ1) is 8.03. The Labute approximate surface area is 98.0 Å². The second-order valence-corrected chi connectivity index (χ2v) is 3.77. The molecule has 2 N–H and O–H groups in total. The molecule has 0 aliphatic carbocycles. The van der Waals surface area contributed by atoms with Gasteiger partial charge in [-0.3, -0.25) is 9.89 Å². The first-order valence-electron chi connectivity index (χ1n) is 5.52. The molecule has 17 heavy (non-hydrogen) atoms. The van der Waals surface area contributed by atoms with Crippen LogP contribution in [-0.2, 0) is 11.2 Å². The van der Waals surface area contributed by atoms with Crippen LogP contribution in [0.5, 0.6) is 0 Å². The third-order valence-corrected chi connectivity index (χ3v) is 2.31. The molecule has 5 nitrogen and oxygen atoms in total. The van der Waals surface area contributed by atoms with Crippen LogP contribution < -0.4 is 5.32 Å². The van der Waals surface area contributed by atoms with Crippen LogP contribution >= 0.6 is 0 Å². The normalized spacial score (nSPS) is 11.5. The molecule has 0 unspecified atom stereocenters. The molecule has 1 aromatic rings. The molecule has 0 saturated heterocycles. The van der Waals surface area contributed by atoms with Crippen LogP contribution in [0.2, 0.25) is 0 Å². The number of aromatic nitrogens is 3. The smallest absolute Gasteiger partial charge is 0.256 e. The number of rotatable bonds is 7. The maximum Gasteiger partial charge on any atom is 0.256 e. The summed E-state index contributed by atoms with van der Waals surface area (Å²) >= 11 is 0. The lowest BCUT2D eigenvalue weighted by molar-refractivity contribution is -0.128. The van der Waals surface area contributed by atoms with Crippen LogP contribution in [0.3, 0.4) is 0 Å². The number of halogens is 2. The van der Waals surface area contributed by atoms with E-state index in [9.17, 15) is 13.6 Å². The van der Waals surface area contributed by atoms with E-state index >= 15 is 0 Å². The van der Waals surface area contributed by atoms with E-state index in [1.165, 1.54) is 13.3 Å². The first kappa shape index (κ1) is 13.5. The maximum absolute atomic E-state index is 12.9. The molecule has 1 heterocycles. The van der Waals surface area contributed by atoms with E-state index in [2.05, 4.69) is 20.5 Å². The Morgan fingerprint density at radius 1 is 1.59 bits per heavy atom. The van der Waals surface area contributed by atoms with Crippen LogP contribution in [-0.4, -0.2) is 33.6 Å². The minimum atomic E-state index is -2.91. The lowest BCUT2D eigenvalue weighted by Crippen LogP contribution is -2.31. The Hall–Kier alpha value is -1.53. The van der Waals surface area contributed by atoms with Crippen molar-refractivity contribution < 1.29 is 13.6 Å². The Morgan fingerprint density at radius 3 is 2.94 bits per heavy atom. The number of carbonyl (C=O) groups excluding carboxylic acids is 1. The quantitative estimate of drug-likeness (QED) is 0.712. The predicted octanol–water partition coefficient (Wildman–Crippen LogP) is 1.29. The Balaban J connectivity index is 2.12. The molecule has 7 heteroatoms. The monoisotopic (exact) mass is 246 g/mol. The molecule has 0 fully saturated rings. The first-order valence-corrected chi connectivity index (χ1v) is 5.52. The van der Waals surface area contributed by atoms with E-state index in [0.717, 1.165) is 5.82 Å². The zero-order valence-electron chi connectivity index (χ0n) is 9.67. The summed E-state index contributed by atoms with van der Waals surface area (Å²) in [5.41, 5.74) is 0. The molecule has 1 rings (SSSR count). The molecule has 0 aliphatic heterocycles. The Kier molecular flexibility index (Phi) is 4.99. The minimum Gasteiger partial charge on any atom is -0.356 e. The lowest BCUT2D eigenvalue weighted by Gasteiger charge is -2.13. The molecule has 0 bridgehead atoms. The van der Waals surface area contributed by atoms with Gasteiger partial charge in [0.25, 0.3) is 5.92 Å². The van der Waals surface area contributed by atoms with Crippen molar-refractivity contribution in [2.45, 2.75) is 38.5 Å². The van der Waals surface area contributed by atoms with Crippen LogP contribution in [0, 0.1) is 0 Å². The van der Waals surface area contributed by atoms with Crippen LogP contribution in [0.1, 0.15) is 32.0 Å². The summed E-state index contributed by atoms with van der Waals surface area (Å²) < 4.78 is 25.7. The minimum absolute atomic E-state index is 0.321. The number of alkyl halides is 2. The van der Waals surface area contributed by atoms with Gasteiger partial charge >= 0.3 is 0 Å². The van der Waals surface area contributed by atoms with Gasteiger partial charge in [0.15, 0.2) is 0 Å². The number of hydrogen-bond acceptors (Lipinski definition) is 3. The number of aryl methyl sites for hydroxylation is 1. The van der Waals surface area contributed by atoms with Gasteiger partial charge in [0.1, 0.15) is 12.2 Å². The summed E-state index contributed by atoms with van der Waals surface area (Å²) in [6.07, 6.45) is 1.60. The number of carbonyl (C=O) groups is 1. The Bertz CT molecular complexity index is 340. The molecule has 1 amide bonds. The van der Waals surface area contributed by atoms with Gasteiger partial charge in [0.2, 0.25) is 5.91 Å². The van der Waals surface area contributed by atoms with Gasteiger partial charge in [-0.05, 0) is 6.42 Å². The van der Waals surface area contributed by atoms with Crippen molar-refractivity contribution in [2.24, 2.45) is 0 Å². The van der Waals surface area contributed by atoms with Gasteiger partial charge in [-0.1, -0.05) is 6.92 Å². The molecular weight excluding hydrogens is 230 g/mol. The molecular formula is C10H16F2N4O. The molecule has 1 aromatic heterocycles. The SMILES string of the molecule is CCC(F)(F)CC(=O)NCCCc1ncn[nH]1. The van der Waals surface area contributed by atoms with Gasteiger partial charge in [0.05, 0.1) is 6.42 Å². The molecule has 0 aliphatic rings. The standard InChI is InChI=1S/C10H16F2N4O/c1-2-10(11,12)6-9(17)13-5-3-4-8-14-7-15-16-8/h7H,2-6H2,1H3,(H,13,17)(H,14,15,16). The second kappa shape index (κ2) is 6.27. The van der Waals surface area contributed by atoms with E-state index in [0.29, 0.717) is 19.4 Å². The zero-order chi connectivity index (χ0) is 12.7. The number of hydrogen-bond donors (Lipinski definition) is 2. The highest BCUT2D eigenvalue weighted by Crippen LogP contribution is 2.21. The number of amides is 1. The largest absolute Gasteiger partial charge is 0.356 e. The van der Waals surface area contributed by atoms with Gasteiger partial charge in [0, 0.05) is 19.4 Å². The van der Waals surface area contributed by atoms with Crippen molar-refractivity contribution in [3.05, 3.63) is 12.2 Å². The predicted molar refractivity (Wildman–Crippen MR) is 57.6 cm³/mol. The van der Waals surface area contributed by atoms with Crippen LogP contribution in [0.25, 0.3) is 0 Å². The van der Waals surface area contributed by atoms with Crippen molar-refractivity contribution in [2.75, 3.05) is 6.54 Å². The van der Waals surface area contributed by atoms with Gasteiger partial charge in [-0.15, -0.1) is 0 Å². The van der Waals surface area contributed by atoms with Crippen molar-refractivity contribution in [3.8, 4) is 0 Å². The van der Waals surface area contributed by atoms with E-state index in [4.69, 9.17) is 0 Å². The topological polar surface area (TPSA) is 70.7 Å². The highest BCUT2D eigenvalue weighted by atomic mass is 19.3. The number of H-pyrrole nitrogens is 1. The van der Waals surface area contributed by atoms with Crippen molar-refractivity contribution in [1.29, 1.82) is 0 Å². The highest BCUT2D eigenvalue weighted by molar-refractivity contribution is 5.76. The fourth-order valence-electron chi connectivity index (χ4n) is 1.26. The maximum atomic E-state index is 12.9. The van der Waals surface area contributed by atoms with Crippen molar-refractivity contribution in [1.82, 2.24) is 20.5 Å². The lowest BCUT2D eigenvalue weighted by atomic mass is 10.2.